The lowest BCUT2D eigenvalue weighted by Gasteiger charge is -2.33. The average molecular weight is 251 g/mol. The first-order chi connectivity index (χ1) is 8.76. The summed E-state index contributed by atoms with van der Waals surface area (Å²) in [5.41, 5.74) is 0.299. The summed E-state index contributed by atoms with van der Waals surface area (Å²) in [6.45, 7) is 3.48. The maximum atomic E-state index is 6.41. The predicted octanol–water partition coefficient (Wildman–Crippen LogP) is 3.65. The Labute approximate surface area is 112 Å². The van der Waals surface area contributed by atoms with E-state index in [1.54, 1.807) is 0 Å². The summed E-state index contributed by atoms with van der Waals surface area (Å²) in [4.78, 5) is 0. The molecule has 0 bridgehead atoms. The summed E-state index contributed by atoms with van der Waals surface area (Å²) in [5.74, 6) is 0.927. The van der Waals surface area contributed by atoms with Crippen molar-refractivity contribution in [1.82, 2.24) is 5.32 Å². The normalized spacial score (nSPS) is 39.5. The van der Waals surface area contributed by atoms with Gasteiger partial charge in [0.2, 0.25) is 0 Å². The Morgan fingerprint density at radius 2 is 1.89 bits per heavy atom. The third-order valence-electron chi connectivity index (χ3n) is 5.43. The van der Waals surface area contributed by atoms with Crippen LogP contribution in [0.2, 0.25) is 0 Å². The zero-order chi connectivity index (χ0) is 12.4. The second-order valence-electron chi connectivity index (χ2n) is 7.05. The lowest BCUT2D eigenvalue weighted by molar-refractivity contribution is -0.0629. The minimum atomic E-state index is 0.299. The van der Waals surface area contributed by atoms with Gasteiger partial charge in [-0.05, 0) is 50.9 Å². The maximum Gasteiger partial charge on any atom is 0.0708 e. The number of hydrogen-bond acceptors (Lipinski definition) is 2. The molecule has 2 heteroatoms. The van der Waals surface area contributed by atoms with Crippen LogP contribution in [-0.2, 0) is 4.74 Å². The van der Waals surface area contributed by atoms with Gasteiger partial charge in [-0.25, -0.2) is 0 Å². The minimum Gasteiger partial charge on any atom is -0.370 e. The zero-order valence-corrected chi connectivity index (χ0v) is 11.9. The fourth-order valence-electron chi connectivity index (χ4n) is 4.29. The van der Waals surface area contributed by atoms with Crippen molar-refractivity contribution in [3.05, 3.63) is 0 Å². The van der Waals surface area contributed by atoms with Crippen LogP contribution in [0.25, 0.3) is 0 Å². The SMILES string of the molecule is CC1CCC(NCC2CCC3(CCCCC3)O2)C1. The van der Waals surface area contributed by atoms with Crippen LogP contribution in [0.15, 0.2) is 0 Å². The molecule has 0 amide bonds. The summed E-state index contributed by atoms with van der Waals surface area (Å²) in [6, 6.07) is 0.770. The highest BCUT2D eigenvalue weighted by molar-refractivity contribution is 4.92. The molecule has 0 aromatic rings. The molecule has 1 spiro atoms. The van der Waals surface area contributed by atoms with E-state index in [0.717, 1.165) is 18.5 Å². The largest absolute Gasteiger partial charge is 0.370 e. The van der Waals surface area contributed by atoms with Crippen molar-refractivity contribution in [2.45, 2.75) is 88.9 Å². The van der Waals surface area contributed by atoms with Crippen LogP contribution in [0.4, 0.5) is 0 Å². The Balaban J connectivity index is 1.42. The number of hydrogen-bond donors (Lipinski definition) is 1. The molecule has 104 valence electrons. The van der Waals surface area contributed by atoms with E-state index in [1.165, 1.54) is 64.2 Å². The smallest absolute Gasteiger partial charge is 0.0708 e. The Morgan fingerprint density at radius 1 is 1.06 bits per heavy atom. The van der Waals surface area contributed by atoms with Crippen molar-refractivity contribution in [3.8, 4) is 0 Å². The quantitative estimate of drug-likeness (QED) is 0.826. The van der Waals surface area contributed by atoms with E-state index < -0.39 is 0 Å². The van der Waals surface area contributed by atoms with Crippen LogP contribution < -0.4 is 5.32 Å². The molecule has 1 aliphatic heterocycles. The van der Waals surface area contributed by atoms with E-state index in [-0.39, 0.29) is 0 Å². The Kier molecular flexibility index (Phi) is 3.95. The maximum absolute atomic E-state index is 6.41. The van der Waals surface area contributed by atoms with Crippen LogP contribution in [0.3, 0.4) is 0 Å². The van der Waals surface area contributed by atoms with Crippen LogP contribution >= 0.6 is 0 Å². The summed E-state index contributed by atoms with van der Waals surface area (Å²) in [6.07, 6.45) is 14.1. The molecule has 2 aliphatic carbocycles. The molecule has 0 aromatic carbocycles. The van der Waals surface area contributed by atoms with E-state index in [9.17, 15) is 0 Å². The zero-order valence-electron chi connectivity index (χ0n) is 11.9. The fraction of sp³-hybridized carbons (Fsp3) is 1.00. The molecule has 1 heterocycles. The van der Waals surface area contributed by atoms with Gasteiger partial charge >= 0.3 is 0 Å². The summed E-state index contributed by atoms with van der Waals surface area (Å²) >= 11 is 0. The van der Waals surface area contributed by atoms with Crippen molar-refractivity contribution in [2.24, 2.45) is 5.92 Å². The molecule has 2 nitrogen and oxygen atoms in total. The number of rotatable bonds is 3. The third-order valence-corrected chi connectivity index (χ3v) is 5.43. The molecular weight excluding hydrogens is 222 g/mol. The van der Waals surface area contributed by atoms with Gasteiger partial charge in [0.15, 0.2) is 0 Å². The van der Waals surface area contributed by atoms with Gasteiger partial charge in [0.1, 0.15) is 0 Å². The van der Waals surface area contributed by atoms with Crippen molar-refractivity contribution in [2.75, 3.05) is 6.54 Å². The topological polar surface area (TPSA) is 21.3 Å². The van der Waals surface area contributed by atoms with Gasteiger partial charge in [-0.15, -0.1) is 0 Å². The molecule has 1 N–H and O–H groups in total. The molecule has 2 saturated carbocycles. The molecule has 18 heavy (non-hydrogen) atoms. The summed E-state index contributed by atoms with van der Waals surface area (Å²) in [5, 5.41) is 3.75. The van der Waals surface area contributed by atoms with E-state index in [4.69, 9.17) is 4.74 Å². The van der Waals surface area contributed by atoms with Gasteiger partial charge in [0.05, 0.1) is 11.7 Å². The number of ether oxygens (including phenoxy) is 1. The predicted molar refractivity (Wildman–Crippen MR) is 74.7 cm³/mol. The molecule has 3 aliphatic rings. The first-order valence-corrected chi connectivity index (χ1v) is 8.17. The molecule has 3 atom stereocenters. The van der Waals surface area contributed by atoms with E-state index in [0.29, 0.717) is 11.7 Å². The molecule has 3 unspecified atom stereocenters. The summed E-state index contributed by atoms with van der Waals surface area (Å²) < 4.78 is 6.41. The Bertz CT molecular complexity index is 272. The van der Waals surface area contributed by atoms with E-state index in [2.05, 4.69) is 12.2 Å². The van der Waals surface area contributed by atoms with Gasteiger partial charge in [-0.1, -0.05) is 26.2 Å². The van der Waals surface area contributed by atoms with Gasteiger partial charge in [-0.3, -0.25) is 0 Å². The van der Waals surface area contributed by atoms with Crippen LogP contribution in [0.5, 0.6) is 0 Å². The van der Waals surface area contributed by atoms with Gasteiger partial charge < -0.3 is 10.1 Å². The van der Waals surface area contributed by atoms with E-state index >= 15 is 0 Å². The highest BCUT2D eigenvalue weighted by atomic mass is 16.5. The second-order valence-corrected chi connectivity index (χ2v) is 7.05. The summed E-state index contributed by atoms with van der Waals surface area (Å²) in [7, 11) is 0. The number of nitrogens with one attached hydrogen (secondary N) is 1. The highest BCUT2D eigenvalue weighted by Crippen LogP contribution is 2.41. The first-order valence-electron chi connectivity index (χ1n) is 8.17. The molecule has 3 fully saturated rings. The van der Waals surface area contributed by atoms with Crippen molar-refractivity contribution in [3.63, 3.8) is 0 Å². The average Bonchev–Trinajstić information content (AvgIpc) is 2.96. The third kappa shape index (κ3) is 2.91. The minimum absolute atomic E-state index is 0.299. The second kappa shape index (κ2) is 5.50. The lowest BCUT2D eigenvalue weighted by atomic mass is 9.83. The molecule has 1 saturated heterocycles. The first kappa shape index (κ1) is 12.9. The highest BCUT2D eigenvalue weighted by Gasteiger charge is 2.40. The van der Waals surface area contributed by atoms with Crippen LogP contribution in [0, 0.1) is 5.92 Å². The van der Waals surface area contributed by atoms with E-state index in [1.807, 2.05) is 0 Å². The molecule has 0 aromatic heterocycles. The lowest BCUT2D eigenvalue weighted by Crippen LogP contribution is -2.37. The van der Waals surface area contributed by atoms with Gasteiger partial charge in [0.25, 0.3) is 0 Å². The Morgan fingerprint density at radius 3 is 2.61 bits per heavy atom. The standard InChI is InChI=1S/C16H29NO/c1-13-5-6-14(11-13)17-12-15-7-10-16(18-15)8-3-2-4-9-16/h13-15,17H,2-12H2,1H3. The molecule has 0 radical (unpaired) electrons. The van der Waals surface area contributed by atoms with Crippen molar-refractivity contribution in [1.29, 1.82) is 0 Å². The fourth-order valence-corrected chi connectivity index (χ4v) is 4.29. The van der Waals surface area contributed by atoms with Crippen molar-refractivity contribution < 1.29 is 4.74 Å². The van der Waals surface area contributed by atoms with Crippen molar-refractivity contribution >= 4 is 0 Å². The van der Waals surface area contributed by atoms with Gasteiger partial charge in [-0.2, -0.15) is 0 Å². The molecular formula is C16H29NO. The van der Waals surface area contributed by atoms with Crippen LogP contribution in [-0.4, -0.2) is 24.3 Å². The Hall–Kier alpha value is -0.0800. The van der Waals surface area contributed by atoms with Crippen LogP contribution in [0.1, 0.15) is 71.1 Å². The monoisotopic (exact) mass is 251 g/mol. The van der Waals surface area contributed by atoms with Gasteiger partial charge in [0, 0.05) is 12.6 Å². The molecule has 3 rings (SSSR count).